The topological polar surface area (TPSA) is 70.1 Å². The Morgan fingerprint density at radius 1 is 1.12 bits per heavy atom. The van der Waals surface area contributed by atoms with Gasteiger partial charge in [-0.3, -0.25) is 9.89 Å². The number of aromatic nitrogens is 2. The van der Waals surface area contributed by atoms with E-state index in [-0.39, 0.29) is 5.91 Å². The molecule has 1 heterocycles. The number of hydrogen-bond donors (Lipinski definition) is 2. The lowest BCUT2D eigenvalue weighted by Crippen LogP contribution is -2.19. The maximum Gasteiger partial charge on any atom is 0.289 e. The molecular weight excluding hydrogens is 336 g/mol. The second-order valence-electron chi connectivity index (χ2n) is 5.68. The first-order chi connectivity index (χ1) is 12.0. The van der Waals surface area contributed by atoms with Gasteiger partial charge in [-0.1, -0.05) is 53.6 Å². The van der Waals surface area contributed by atoms with Gasteiger partial charge in [0.15, 0.2) is 0 Å². The number of hydrogen-bond acceptors (Lipinski definition) is 3. The molecule has 5 nitrogen and oxygen atoms in total. The second kappa shape index (κ2) is 7.32. The molecule has 3 rings (SSSR count). The van der Waals surface area contributed by atoms with Crippen LogP contribution in [-0.2, 0) is 0 Å². The summed E-state index contributed by atoms with van der Waals surface area (Å²) >= 11 is 5.86. The molecule has 0 aliphatic rings. The number of amides is 1. The van der Waals surface area contributed by atoms with Crippen molar-refractivity contribution in [3.63, 3.8) is 0 Å². The summed E-state index contributed by atoms with van der Waals surface area (Å²) in [6.45, 7) is 3.84. The zero-order valence-corrected chi connectivity index (χ0v) is 14.6. The normalized spacial score (nSPS) is 11.4. The summed E-state index contributed by atoms with van der Waals surface area (Å²) in [4.78, 5) is 12.2. The Hall–Kier alpha value is -2.92. The summed E-state index contributed by atoms with van der Waals surface area (Å²) in [5.74, 6) is -0.348. The number of hydrazone groups is 1. The number of aromatic amines is 1. The van der Waals surface area contributed by atoms with E-state index in [4.69, 9.17) is 11.6 Å². The Bertz CT molecular complexity index is 911. The zero-order valence-electron chi connectivity index (χ0n) is 13.9. The molecule has 1 amide bonds. The monoisotopic (exact) mass is 352 g/mol. The van der Waals surface area contributed by atoms with Crippen molar-refractivity contribution in [2.24, 2.45) is 5.10 Å². The maximum absolute atomic E-state index is 12.2. The number of aryl methyl sites for hydroxylation is 1. The van der Waals surface area contributed by atoms with Crippen LogP contribution in [-0.4, -0.2) is 21.8 Å². The number of halogens is 1. The van der Waals surface area contributed by atoms with Crippen molar-refractivity contribution in [2.45, 2.75) is 13.8 Å². The van der Waals surface area contributed by atoms with E-state index >= 15 is 0 Å². The van der Waals surface area contributed by atoms with Crippen LogP contribution in [0.25, 0.3) is 11.3 Å². The number of H-pyrrole nitrogens is 1. The summed E-state index contributed by atoms with van der Waals surface area (Å²) in [5, 5.41) is 11.7. The molecular formula is C19H17ClN4O. The summed E-state index contributed by atoms with van der Waals surface area (Å²) in [6, 6.07) is 16.9. The van der Waals surface area contributed by atoms with Gasteiger partial charge in [-0.05, 0) is 37.6 Å². The summed E-state index contributed by atoms with van der Waals surface area (Å²) in [5.41, 5.74) is 7.28. The minimum Gasteiger partial charge on any atom is -0.272 e. The molecule has 6 heteroatoms. The lowest BCUT2D eigenvalue weighted by Gasteiger charge is -2.02. The fourth-order valence-corrected chi connectivity index (χ4v) is 2.39. The highest BCUT2D eigenvalue weighted by atomic mass is 35.5. The van der Waals surface area contributed by atoms with Crippen molar-refractivity contribution in [3.8, 4) is 11.3 Å². The van der Waals surface area contributed by atoms with Crippen LogP contribution in [0.4, 0.5) is 0 Å². The smallest absolute Gasteiger partial charge is 0.272 e. The predicted octanol–water partition coefficient (Wildman–Crippen LogP) is 4.19. The molecule has 0 bridgehead atoms. The van der Waals surface area contributed by atoms with Crippen molar-refractivity contribution >= 4 is 23.2 Å². The number of rotatable bonds is 4. The third-order valence-corrected chi connectivity index (χ3v) is 4.01. The Labute approximate surface area is 150 Å². The van der Waals surface area contributed by atoms with Gasteiger partial charge in [0.2, 0.25) is 0 Å². The molecule has 0 radical (unpaired) electrons. The van der Waals surface area contributed by atoms with Gasteiger partial charge in [0.25, 0.3) is 5.91 Å². The molecule has 0 aliphatic carbocycles. The number of carbonyl (C=O) groups excluding carboxylic acids is 1. The molecule has 25 heavy (non-hydrogen) atoms. The van der Waals surface area contributed by atoms with Gasteiger partial charge in [-0.15, -0.1) is 0 Å². The van der Waals surface area contributed by atoms with Gasteiger partial charge in [-0.25, -0.2) is 5.43 Å². The SMILES string of the molecule is CC(=NNC(=O)c1cc(-c2ccc(C)cc2)n[nH]1)c1ccc(Cl)cc1. The van der Waals surface area contributed by atoms with E-state index in [2.05, 4.69) is 20.7 Å². The van der Waals surface area contributed by atoms with Crippen LogP contribution < -0.4 is 5.43 Å². The van der Waals surface area contributed by atoms with E-state index in [1.54, 1.807) is 18.2 Å². The van der Waals surface area contributed by atoms with E-state index < -0.39 is 0 Å². The highest BCUT2D eigenvalue weighted by Crippen LogP contribution is 2.18. The largest absolute Gasteiger partial charge is 0.289 e. The standard InChI is InChI=1S/C19H17ClN4O/c1-12-3-5-15(6-4-12)17-11-18(23-22-17)19(25)24-21-13(2)14-7-9-16(20)10-8-14/h3-11H,1-2H3,(H,22,23)(H,24,25). The molecule has 0 saturated carbocycles. The Morgan fingerprint density at radius 2 is 1.80 bits per heavy atom. The first kappa shape index (κ1) is 16.9. The Morgan fingerprint density at radius 3 is 2.48 bits per heavy atom. The van der Waals surface area contributed by atoms with E-state index in [0.29, 0.717) is 22.1 Å². The highest BCUT2D eigenvalue weighted by Gasteiger charge is 2.10. The van der Waals surface area contributed by atoms with E-state index in [0.717, 1.165) is 11.1 Å². The van der Waals surface area contributed by atoms with Crippen LogP contribution in [0, 0.1) is 6.92 Å². The molecule has 3 aromatic rings. The third kappa shape index (κ3) is 4.14. The van der Waals surface area contributed by atoms with Crippen molar-refractivity contribution < 1.29 is 4.79 Å². The van der Waals surface area contributed by atoms with Crippen molar-refractivity contribution in [1.29, 1.82) is 0 Å². The van der Waals surface area contributed by atoms with Gasteiger partial charge in [-0.2, -0.15) is 10.2 Å². The molecule has 0 aliphatic heterocycles. The minimum absolute atomic E-state index is 0.348. The van der Waals surface area contributed by atoms with Crippen LogP contribution in [0.3, 0.4) is 0 Å². The number of benzene rings is 2. The van der Waals surface area contributed by atoms with Gasteiger partial charge < -0.3 is 0 Å². The average molecular weight is 353 g/mol. The second-order valence-corrected chi connectivity index (χ2v) is 6.11. The first-order valence-corrected chi connectivity index (χ1v) is 8.14. The zero-order chi connectivity index (χ0) is 17.8. The number of carbonyl (C=O) groups is 1. The lowest BCUT2D eigenvalue weighted by molar-refractivity contribution is 0.0950. The quantitative estimate of drug-likeness (QED) is 0.546. The first-order valence-electron chi connectivity index (χ1n) is 7.76. The molecule has 0 fully saturated rings. The predicted molar refractivity (Wildman–Crippen MR) is 99.9 cm³/mol. The van der Waals surface area contributed by atoms with Crippen LogP contribution in [0.5, 0.6) is 0 Å². The minimum atomic E-state index is -0.348. The lowest BCUT2D eigenvalue weighted by atomic mass is 10.1. The molecule has 2 N–H and O–H groups in total. The third-order valence-electron chi connectivity index (χ3n) is 3.76. The average Bonchev–Trinajstić information content (AvgIpc) is 3.11. The summed E-state index contributed by atoms with van der Waals surface area (Å²) in [6.07, 6.45) is 0. The molecule has 2 aromatic carbocycles. The number of nitrogens with one attached hydrogen (secondary N) is 2. The van der Waals surface area contributed by atoms with Gasteiger partial charge >= 0.3 is 0 Å². The molecule has 0 unspecified atom stereocenters. The highest BCUT2D eigenvalue weighted by molar-refractivity contribution is 6.30. The van der Waals surface area contributed by atoms with Crippen LogP contribution in [0.15, 0.2) is 59.7 Å². The van der Waals surface area contributed by atoms with Gasteiger partial charge in [0.1, 0.15) is 5.69 Å². The number of nitrogens with zero attached hydrogens (tertiary/aromatic N) is 2. The van der Waals surface area contributed by atoms with Crippen LogP contribution >= 0.6 is 11.6 Å². The van der Waals surface area contributed by atoms with E-state index in [9.17, 15) is 4.79 Å². The molecule has 126 valence electrons. The van der Waals surface area contributed by atoms with Gasteiger partial charge in [0, 0.05) is 10.6 Å². The fourth-order valence-electron chi connectivity index (χ4n) is 2.26. The fraction of sp³-hybridized carbons (Fsp3) is 0.105. The van der Waals surface area contributed by atoms with E-state index in [1.807, 2.05) is 50.2 Å². The Kier molecular flexibility index (Phi) is 4.95. The van der Waals surface area contributed by atoms with Crippen molar-refractivity contribution in [1.82, 2.24) is 15.6 Å². The molecule has 1 aromatic heterocycles. The molecule has 0 saturated heterocycles. The Balaban J connectivity index is 1.70. The van der Waals surface area contributed by atoms with Crippen LogP contribution in [0.2, 0.25) is 5.02 Å². The van der Waals surface area contributed by atoms with Crippen molar-refractivity contribution in [2.75, 3.05) is 0 Å². The maximum atomic E-state index is 12.2. The van der Waals surface area contributed by atoms with Crippen LogP contribution in [0.1, 0.15) is 28.5 Å². The summed E-state index contributed by atoms with van der Waals surface area (Å²) in [7, 11) is 0. The van der Waals surface area contributed by atoms with Gasteiger partial charge in [0.05, 0.1) is 11.4 Å². The summed E-state index contributed by atoms with van der Waals surface area (Å²) < 4.78 is 0. The van der Waals surface area contributed by atoms with E-state index in [1.165, 1.54) is 5.56 Å². The molecule has 0 atom stereocenters. The van der Waals surface area contributed by atoms with Crippen molar-refractivity contribution in [3.05, 3.63) is 76.4 Å². The molecule has 0 spiro atoms.